The first-order chi connectivity index (χ1) is 9.99. The first kappa shape index (κ1) is 20.3. The summed E-state index contributed by atoms with van der Waals surface area (Å²) < 4.78 is 0. The monoisotopic (exact) mass is 357 g/mol. The molecule has 0 aromatic heterocycles. The van der Waals surface area contributed by atoms with Crippen LogP contribution in [-0.4, -0.2) is 43.1 Å². The second-order valence-corrected chi connectivity index (χ2v) is 6.74. The number of benzene rings is 1. The Bertz CT molecular complexity index is 584. The molecular weight excluding hydrogens is 329 g/mol. The molecule has 2 atom stereocenters. The number of rotatable bonds is 2. The minimum Gasteiger partial charge on any atom is -0.323 e. The Hall–Kier alpha value is -0.740. The maximum Gasteiger partial charge on any atom is 0.0532 e. The average Bonchev–Trinajstić information content (AvgIpc) is 2.71. The molecule has 1 aliphatic heterocycles. The van der Waals surface area contributed by atoms with Gasteiger partial charge in [-0.2, -0.15) is 0 Å². The first-order valence-electron chi connectivity index (χ1n) is 7.97. The summed E-state index contributed by atoms with van der Waals surface area (Å²) in [5.74, 6) is 0. The van der Waals surface area contributed by atoms with E-state index in [1.54, 1.807) is 11.1 Å². The molecule has 1 aromatic carbocycles. The van der Waals surface area contributed by atoms with Crippen LogP contribution in [0, 0.1) is 0 Å². The van der Waals surface area contributed by atoms with Crippen molar-refractivity contribution in [2.45, 2.75) is 45.2 Å². The Morgan fingerprint density at radius 1 is 1.22 bits per heavy atom. The zero-order chi connectivity index (χ0) is 15.1. The molecule has 2 aliphatic rings. The molecule has 130 valence electrons. The van der Waals surface area contributed by atoms with Crippen molar-refractivity contribution in [3.63, 3.8) is 0 Å². The van der Waals surface area contributed by atoms with Crippen LogP contribution in [0.2, 0.25) is 0 Å². The number of hydrazine groups is 1. The van der Waals surface area contributed by atoms with E-state index < -0.39 is 0 Å². The molecule has 0 amide bonds. The number of fused-ring (bicyclic) bond motifs is 1. The van der Waals surface area contributed by atoms with Gasteiger partial charge in [0.05, 0.1) is 6.04 Å². The Balaban J connectivity index is 0.00000132. The van der Waals surface area contributed by atoms with Gasteiger partial charge in [-0.1, -0.05) is 18.2 Å². The van der Waals surface area contributed by atoms with Crippen LogP contribution in [0.4, 0.5) is 0 Å². The minimum atomic E-state index is 0. The molecule has 1 N–H and O–H groups in total. The standard InChI is InChI=1S/C18H27N3.2ClH/c1-12-18(13(2)21(5)19-12)16-8-6-7-14-9-10-15(20(3)4)11-17(14)16;;/h6-8,13,15,19H,9-11H2,1-5H3;2*1H/t13?,15-;;/m0../s1. The van der Waals surface area contributed by atoms with Gasteiger partial charge in [0.2, 0.25) is 0 Å². The highest BCUT2D eigenvalue weighted by atomic mass is 35.5. The molecule has 0 saturated carbocycles. The van der Waals surface area contributed by atoms with Crippen LogP contribution in [0.25, 0.3) is 5.57 Å². The summed E-state index contributed by atoms with van der Waals surface area (Å²) in [5, 5.41) is 2.20. The summed E-state index contributed by atoms with van der Waals surface area (Å²) in [7, 11) is 6.53. The number of hydrogen-bond donors (Lipinski definition) is 1. The number of aryl methyl sites for hydroxylation is 1. The predicted molar refractivity (Wildman–Crippen MR) is 103 cm³/mol. The van der Waals surface area contributed by atoms with Gasteiger partial charge < -0.3 is 10.3 Å². The van der Waals surface area contributed by atoms with E-state index in [2.05, 4.69) is 68.5 Å². The Morgan fingerprint density at radius 2 is 1.91 bits per heavy atom. The quantitative estimate of drug-likeness (QED) is 0.873. The third-order valence-electron chi connectivity index (χ3n) is 5.23. The number of halogens is 2. The van der Waals surface area contributed by atoms with Crippen molar-refractivity contribution in [3.05, 3.63) is 40.6 Å². The second kappa shape index (κ2) is 7.89. The molecular formula is C18H29Cl2N3. The van der Waals surface area contributed by atoms with Crippen molar-refractivity contribution in [1.82, 2.24) is 15.3 Å². The number of allylic oxidation sites excluding steroid dienone is 1. The third-order valence-corrected chi connectivity index (χ3v) is 5.23. The summed E-state index contributed by atoms with van der Waals surface area (Å²) in [6, 6.07) is 7.96. The third kappa shape index (κ3) is 3.69. The normalized spacial score (nSPS) is 23.9. The van der Waals surface area contributed by atoms with E-state index in [4.69, 9.17) is 0 Å². The van der Waals surface area contributed by atoms with Gasteiger partial charge in [-0.25, -0.2) is 5.01 Å². The summed E-state index contributed by atoms with van der Waals surface area (Å²) in [6.07, 6.45) is 3.65. The van der Waals surface area contributed by atoms with Gasteiger partial charge in [-0.3, -0.25) is 0 Å². The van der Waals surface area contributed by atoms with E-state index in [9.17, 15) is 0 Å². The largest absolute Gasteiger partial charge is 0.323 e. The van der Waals surface area contributed by atoms with Crippen molar-refractivity contribution in [2.24, 2.45) is 0 Å². The maximum absolute atomic E-state index is 3.46. The zero-order valence-corrected chi connectivity index (χ0v) is 16.4. The molecule has 0 saturated heterocycles. The number of likely N-dealkylation sites (N-methyl/N-ethyl adjacent to an activating group) is 2. The molecule has 1 aromatic rings. The molecule has 23 heavy (non-hydrogen) atoms. The smallest absolute Gasteiger partial charge is 0.0532 e. The summed E-state index contributed by atoms with van der Waals surface area (Å²) >= 11 is 0. The lowest BCUT2D eigenvalue weighted by atomic mass is 9.81. The Kier molecular flexibility index (Phi) is 6.96. The fourth-order valence-corrected chi connectivity index (χ4v) is 3.82. The highest BCUT2D eigenvalue weighted by Gasteiger charge is 2.29. The van der Waals surface area contributed by atoms with Gasteiger partial charge in [0, 0.05) is 18.8 Å². The lowest BCUT2D eigenvalue weighted by Gasteiger charge is -2.32. The van der Waals surface area contributed by atoms with Gasteiger partial charge in [-0.05, 0) is 69.5 Å². The summed E-state index contributed by atoms with van der Waals surface area (Å²) in [5.41, 5.74) is 10.8. The molecule has 0 radical (unpaired) electrons. The molecule has 0 spiro atoms. The summed E-state index contributed by atoms with van der Waals surface area (Å²) in [6.45, 7) is 4.48. The Morgan fingerprint density at radius 3 is 2.48 bits per heavy atom. The van der Waals surface area contributed by atoms with E-state index in [-0.39, 0.29) is 24.8 Å². The molecule has 1 unspecified atom stereocenters. The number of nitrogens with zero attached hydrogens (tertiary/aromatic N) is 2. The lowest BCUT2D eigenvalue weighted by molar-refractivity contribution is 0.262. The highest BCUT2D eigenvalue weighted by Crippen LogP contribution is 2.35. The van der Waals surface area contributed by atoms with Crippen LogP contribution < -0.4 is 5.43 Å². The van der Waals surface area contributed by atoms with Crippen LogP contribution in [0.15, 0.2) is 23.9 Å². The van der Waals surface area contributed by atoms with Gasteiger partial charge in [0.25, 0.3) is 0 Å². The number of nitrogens with one attached hydrogen (secondary N) is 1. The van der Waals surface area contributed by atoms with Gasteiger partial charge in [0.1, 0.15) is 0 Å². The average molecular weight is 358 g/mol. The first-order valence-corrected chi connectivity index (χ1v) is 7.97. The Labute approximate surface area is 152 Å². The van der Waals surface area contributed by atoms with Gasteiger partial charge in [-0.15, -0.1) is 24.8 Å². The lowest BCUT2D eigenvalue weighted by Crippen LogP contribution is -2.34. The molecule has 1 heterocycles. The maximum atomic E-state index is 3.46. The predicted octanol–water partition coefficient (Wildman–Crippen LogP) is 3.52. The zero-order valence-electron chi connectivity index (χ0n) is 14.7. The molecule has 3 rings (SSSR count). The molecule has 0 bridgehead atoms. The van der Waals surface area contributed by atoms with Gasteiger partial charge in [0.15, 0.2) is 0 Å². The summed E-state index contributed by atoms with van der Waals surface area (Å²) in [4.78, 5) is 2.38. The number of hydrogen-bond acceptors (Lipinski definition) is 3. The highest BCUT2D eigenvalue weighted by molar-refractivity contribution is 5.85. The molecule has 3 nitrogen and oxygen atoms in total. The SMILES string of the molecule is CC1=C(c2cccc3c2C[C@@H](N(C)C)CC3)C(C)N(C)N1.Cl.Cl. The molecule has 5 heteroatoms. The van der Waals surface area contributed by atoms with Crippen LogP contribution in [0.5, 0.6) is 0 Å². The molecule has 0 fully saturated rings. The van der Waals surface area contributed by atoms with Crippen LogP contribution >= 0.6 is 24.8 Å². The topological polar surface area (TPSA) is 18.5 Å². The minimum absolute atomic E-state index is 0. The van der Waals surface area contributed by atoms with E-state index >= 15 is 0 Å². The van der Waals surface area contributed by atoms with Crippen molar-refractivity contribution >= 4 is 30.4 Å². The fraction of sp³-hybridized carbons (Fsp3) is 0.556. The van der Waals surface area contributed by atoms with Crippen molar-refractivity contribution in [2.75, 3.05) is 21.1 Å². The van der Waals surface area contributed by atoms with Crippen LogP contribution in [0.3, 0.4) is 0 Å². The van der Waals surface area contributed by atoms with Crippen molar-refractivity contribution in [3.8, 4) is 0 Å². The van der Waals surface area contributed by atoms with Crippen LogP contribution in [0.1, 0.15) is 37.0 Å². The van der Waals surface area contributed by atoms with Crippen LogP contribution in [-0.2, 0) is 12.8 Å². The van der Waals surface area contributed by atoms with E-state index in [1.807, 2.05) is 0 Å². The van der Waals surface area contributed by atoms with E-state index in [1.165, 1.54) is 36.1 Å². The fourth-order valence-electron chi connectivity index (χ4n) is 3.82. The second-order valence-electron chi connectivity index (χ2n) is 6.74. The molecule has 1 aliphatic carbocycles. The van der Waals surface area contributed by atoms with Crippen molar-refractivity contribution < 1.29 is 0 Å². The van der Waals surface area contributed by atoms with Crippen molar-refractivity contribution in [1.29, 1.82) is 0 Å². The van der Waals surface area contributed by atoms with Gasteiger partial charge >= 0.3 is 0 Å². The van der Waals surface area contributed by atoms with E-state index in [0.717, 1.165) is 0 Å². The van der Waals surface area contributed by atoms with E-state index in [0.29, 0.717) is 12.1 Å².